The molecule has 0 amide bonds. The van der Waals surface area contributed by atoms with Gasteiger partial charge in [-0.3, -0.25) is 0 Å². The molecule has 0 radical (unpaired) electrons. The third-order valence-corrected chi connectivity index (χ3v) is 6.08. The van der Waals surface area contributed by atoms with E-state index in [1.807, 2.05) is 36.4 Å². The lowest BCUT2D eigenvalue weighted by molar-refractivity contribution is 0.111. The Morgan fingerprint density at radius 2 is 1.57 bits per heavy atom. The molecule has 3 nitrogen and oxygen atoms in total. The zero-order chi connectivity index (χ0) is 14.7. The van der Waals surface area contributed by atoms with Crippen LogP contribution in [0.3, 0.4) is 0 Å². The largest absolute Gasteiger partial charge is 0.376 e. The van der Waals surface area contributed by atoms with E-state index in [4.69, 9.17) is 4.74 Å². The fourth-order valence-corrected chi connectivity index (χ4v) is 4.43. The number of rotatable bonds is 6. The minimum absolute atomic E-state index is 0.124. The first-order valence-electron chi connectivity index (χ1n) is 7.08. The van der Waals surface area contributed by atoms with Crippen molar-refractivity contribution in [2.45, 2.75) is 23.2 Å². The summed E-state index contributed by atoms with van der Waals surface area (Å²) in [5.74, 6) is 0.124. The smallest absolute Gasteiger partial charge is 0.181 e. The Hall–Kier alpha value is -1.65. The molecule has 21 heavy (non-hydrogen) atoms. The molecule has 1 aliphatic carbocycles. The lowest BCUT2D eigenvalue weighted by atomic mass is 10.2. The number of ether oxygens (including phenoxy) is 1. The van der Waals surface area contributed by atoms with Crippen molar-refractivity contribution >= 4 is 9.84 Å². The van der Waals surface area contributed by atoms with Gasteiger partial charge in [0.2, 0.25) is 0 Å². The quantitative estimate of drug-likeness (QED) is 0.823. The molecule has 4 heteroatoms. The van der Waals surface area contributed by atoms with E-state index in [1.54, 1.807) is 24.3 Å². The van der Waals surface area contributed by atoms with Gasteiger partial charge >= 0.3 is 0 Å². The fraction of sp³-hybridized carbons (Fsp3) is 0.294. The Morgan fingerprint density at radius 1 is 0.952 bits per heavy atom. The molecule has 0 spiro atoms. The maximum Gasteiger partial charge on any atom is 0.181 e. The van der Waals surface area contributed by atoms with Gasteiger partial charge in [-0.05, 0) is 24.1 Å². The molecule has 1 fully saturated rings. The summed E-state index contributed by atoms with van der Waals surface area (Å²) >= 11 is 0. The Kier molecular flexibility index (Phi) is 4.08. The van der Waals surface area contributed by atoms with Crippen molar-refractivity contribution in [2.24, 2.45) is 5.92 Å². The van der Waals surface area contributed by atoms with Crippen molar-refractivity contribution in [2.75, 3.05) is 6.61 Å². The van der Waals surface area contributed by atoms with E-state index in [9.17, 15) is 8.42 Å². The van der Waals surface area contributed by atoms with Crippen LogP contribution in [-0.2, 0) is 21.2 Å². The second kappa shape index (κ2) is 6.00. The summed E-state index contributed by atoms with van der Waals surface area (Å²) in [6.07, 6.45) is 0.700. The molecule has 2 aromatic carbocycles. The summed E-state index contributed by atoms with van der Waals surface area (Å²) < 4.78 is 30.4. The first kappa shape index (κ1) is 14.3. The van der Waals surface area contributed by atoms with Gasteiger partial charge in [-0.25, -0.2) is 8.42 Å². The Bertz CT molecular complexity index is 680. The summed E-state index contributed by atoms with van der Waals surface area (Å²) in [6.45, 7) is 1.04. The first-order valence-corrected chi connectivity index (χ1v) is 8.63. The molecular formula is C17H18O3S. The third-order valence-electron chi connectivity index (χ3n) is 3.77. The van der Waals surface area contributed by atoms with E-state index in [0.29, 0.717) is 24.5 Å². The minimum Gasteiger partial charge on any atom is -0.376 e. The topological polar surface area (TPSA) is 43.4 Å². The molecule has 1 aliphatic rings. The van der Waals surface area contributed by atoms with Gasteiger partial charge in [0, 0.05) is 5.92 Å². The van der Waals surface area contributed by atoms with E-state index in [1.165, 1.54) is 0 Å². The summed E-state index contributed by atoms with van der Waals surface area (Å²) in [6, 6.07) is 18.6. The number of hydrogen-bond donors (Lipinski definition) is 0. The monoisotopic (exact) mass is 302 g/mol. The average Bonchev–Trinajstić information content (AvgIpc) is 3.30. The van der Waals surface area contributed by atoms with Gasteiger partial charge in [-0.2, -0.15) is 0 Å². The fourth-order valence-electron chi connectivity index (χ4n) is 2.46. The van der Waals surface area contributed by atoms with Crippen molar-refractivity contribution in [3.8, 4) is 0 Å². The normalized spacial score (nSPS) is 21.1. The van der Waals surface area contributed by atoms with E-state index in [-0.39, 0.29) is 11.2 Å². The van der Waals surface area contributed by atoms with Crippen LogP contribution in [0.4, 0.5) is 0 Å². The lowest BCUT2D eigenvalue weighted by Crippen LogP contribution is -2.11. The van der Waals surface area contributed by atoms with E-state index in [0.717, 1.165) is 5.56 Å². The maximum atomic E-state index is 12.4. The van der Waals surface area contributed by atoms with Crippen LogP contribution in [0.15, 0.2) is 65.6 Å². The SMILES string of the molecule is O=S(=O)(c1ccccc1)[C@H]1C[C@@H]1COCc1ccccc1. The first-order chi connectivity index (χ1) is 10.2. The molecular weight excluding hydrogens is 284 g/mol. The van der Waals surface area contributed by atoms with E-state index >= 15 is 0 Å². The van der Waals surface area contributed by atoms with Crippen LogP contribution in [0.1, 0.15) is 12.0 Å². The van der Waals surface area contributed by atoms with Crippen molar-refractivity contribution < 1.29 is 13.2 Å². The Morgan fingerprint density at radius 3 is 2.24 bits per heavy atom. The van der Waals surface area contributed by atoms with Crippen LogP contribution in [-0.4, -0.2) is 20.3 Å². The minimum atomic E-state index is -3.19. The molecule has 110 valence electrons. The second-order valence-corrected chi connectivity index (χ2v) is 7.56. The van der Waals surface area contributed by atoms with E-state index in [2.05, 4.69) is 0 Å². The highest BCUT2D eigenvalue weighted by Crippen LogP contribution is 2.40. The van der Waals surface area contributed by atoms with Gasteiger partial charge in [-0.15, -0.1) is 0 Å². The zero-order valence-corrected chi connectivity index (χ0v) is 12.5. The predicted octanol–water partition coefficient (Wildman–Crippen LogP) is 3.07. The molecule has 2 atom stereocenters. The maximum absolute atomic E-state index is 12.4. The van der Waals surface area contributed by atoms with Crippen molar-refractivity contribution in [3.05, 3.63) is 66.2 Å². The summed E-state index contributed by atoms with van der Waals surface area (Å²) in [5, 5.41) is -0.282. The zero-order valence-electron chi connectivity index (χ0n) is 11.7. The molecule has 0 heterocycles. The number of hydrogen-bond acceptors (Lipinski definition) is 3. The molecule has 0 aromatic heterocycles. The van der Waals surface area contributed by atoms with Gasteiger partial charge in [0.25, 0.3) is 0 Å². The van der Waals surface area contributed by atoms with Crippen LogP contribution < -0.4 is 0 Å². The standard InChI is InChI=1S/C17H18O3S/c18-21(19,16-9-5-2-6-10-16)17-11-15(17)13-20-12-14-7-3-1-4-8-14/h1-10,15,17H,11-13H2/t15-,17+/m1/s1. The van der Waals surface area contributed by atoms with Crippen molar-refractivity contribution in [1.29, 1.82) is 0 Å². The molecule has 0 bridgehead atoms. The molecule has 0 aliphatic heterocycles. The number of sulfone groups is 1. The van der Waals surface area contributed by atoms with Gasteiger partial charge in [0.15, 0.2) is 9.84 Å². The van der Waals surface area contributed by atoms with Crippen LogP contribution >= 0.6 is 0 Å². The molecule has 3 rings (SSSR count). The number of benzene rings is 2. The highest BCUT2D eigenvalue weighted by atomic mass is 32.2. The molecule has 0 saturated heterocycles. The summed E-state index contributed by atoms with van der Waals surface area (Å²) in [7, 11) is -3.19. The molecule has 0 unspecified atom stereocenters. The van der Waals surface area contributed by atoms with Crippen molar-refractivity contribution in [3.63, 3.8) is 0 Å². The third kappa shape index (κ3) is 3.34. The lowest BCUT2D eigenvalue weighted by Gasteiger charge is -2.05. The Labute approximate surface area is 125 Å². The predicted molar refractivity (Wildman–Crippen MR) is 81.6 cm³/mol. The van der Waals surface area contributed by atoms with E-state index < -0.39 is 9.84 Å². The van der Waals surface area contributed by atoms with Gasteiger partial charge in [0.1, 0.15) is 0 Å². The molecule has 2 aromatic rings. The van der Waals surface area contributed by atoms with Crippen molar-refractivity contribution in [1.82, 2.24) is 0 Å². The second-order valence-electron chi connectivity index (χ2n) is 5.39. The van der Waals surface area contributed by atoms with Crippen LogP contribution in [0.25, 0.3) is 0 Å². The van der Waals surface area contributed by atoms with Gasteiger partial charge < -0.3 is 4.74 Å². The molecule has 0 N–H and O–H groups in total. The highest BCUT2D eigenvalue weighted by Gasteiger charge is 2.47. The Balaban J connectivity index is 1.53. The average molecular weight is 302 g/mol. The summed E-state index contributed by atoms with van der Waals surface area (Å²) in [4.78, 5) is 0.417. The summed E-state index contributed by atoms with van der Waals surface area (Å²) in [5.41, 5.74) is 1.11. The van der Waals surface area contributed by atoms with Crippen LogP contribution in [0, 0.1) is 5.92 Å². The van der Waals surface area contributed by atoms with Crippen LogP contribution in [0.5, 0.6) is 0 Å². The molecule has 1 saturated carbocycles. The highest BCUT2D eigenvalue weighted by molar-refractivity contribution is 7.92. The van der Waals surface area contributed by atoms with Gasteiger partial charge in [-0.1, -0.05) is 48.5 Å². The van der Waals surface area contributed by atoms with Gasteiger partial charge in [0.05, 0.1) is 23.4 Å². The van der Waals surface area contributed by atoms with Crippen LogP contribution in [0.2, 0.25) is 0 Å².